The summed E-state index contributed by atoms with van der Waals surface area (Å²) in [4.78, 5) is 18.9. The Kier molecular flexibility index (Phi) is 4.72. The van der Waals surface area contributed by atoms with Gasteiger partial charge in [0.25, 0.3) is 5.91 Å². The predicted molar refractivity (Wildman–Crippen MR) is 97.8 cm³/mol. The van der Waals surface area contributed by atoms with Crippen LogP contribution in [-0.4, -0.2) is 45.7 Å². The Hall–Kier alpha value is -3.00. The number of aromatic nitrogens is 3. The van der Waals surface area contributed by atoms with Crippen LogP contribution in [0.1, 0.15) is 29.4 Å². The number of nitrogens with one attached hydrogen (secondary N) is 1. The minimum absolute atomic E-state index is 0.135. The summed E-state index contributed by atoms with van der Waals surface area (Å²) in [6.07, 6.45) is 5.15. The van der Waals surface area contributed by atoms with E-state index in [1.165, 1.54) is 18.5 Å². The minimum Gasteiger partial charge on any atom is -0.443 e. The molecule has 0 spiro atoms. The van der Waals surface area contributed by atoms with Gasteiger partial charge >= 0.3 is 0 Å². The van der Waals surface area contributed by atoms with E-state index in [1.54, 1.807) is 18.2 Å². The van der Waals surface area contributed by atoms with Crippen LogP contribution in [0.2, 0.25) is 0 Å². The number of piperidine rings is 1. The van der Waals surface area contributed by atoms with Crippen molar-refractivity contribution in [3.63, 3.8) is 0 Å². The van der Waals surface area contributed by atoms with Gasteiger partial charge in [0.2, 0.25) is 0 Å². The third kappa shape index (κ3) is 3.75. The van der Waals surface area contributed by atoms with E-state index in [9.17, 15) is 9.18 Å². The lowest BCUT2D eigenvalue weighted by Gasteiger charge is -2.28. The molecule has 4 rings (SSSR count). The fraction of sp³-hybridized carbons (Fsp3) is 0.316. The average Bonchev–Trinajstić information content (AvgIpc) is 3.33. The van der Waals surface area contributed by atoms with Gasteiger partial charge in [-0.25, -0.2) is 9.37 Å². The molecule has 0 bridgehead atoms. The SMILES string of the molecule is CN1CCC(n2ccc(NC(=O)c3ncoc3-c3ccc(F)cc3)n2)CC1. The summed E-state index contributed by atoms with van der Waals surface area (Å²) in [5.74, 6) is -0.0188. The molecule has 1 fully saturated rings. The number of anilines is 1. The number of hydrogen-bond donors (Lipinski definition) is 1. The maximum absolute atomic E-state index is 13.1. The van der Waals surface area contributed by atoms with E-state index in [0.717, 1.165) is 25.9 Å². The number of carbonyl (C=O) groups is 1. The second-order valence-corrected chi connectivity index (χ2v) is 6.71. The second-order valence-electron chi connectivity index (χ2n) is 6.71. The smallest absolute Gasteiger partial charge is 0.279 e. The highest BCUT2D eigenvalue weighted by molar-refractivity contribution is 6.05. The van der Waals surface area contributed by atoms with E-state index >= 15 is 0 Å². The molecule has 3 aromatic rings. The van der Waals surface area contributed by atoms with Crippen LogP contribution in [0.25, 0.3) is 11.3 Å². The molecule has 27 heavy (non-hydrogen) atoms. The number of carbonyl (C=O) groups excluding carboxylic acids is 1. The first-order valence-electron chi connectivity index (χ1n) is 8.84. The normalized spacial score (nSPS) is 15.8. The fourth-order valence-electron chi connectivity index (χ4n) is 3.26. The summed E-state index contributed by atoms with van der Waals surface area (Å²) in [5, 5.41) is 7.24. The summed E-state index contributed by atoms with van der Waals surface area (Å²) >= 11 is 0. The van der Waals surface area contributed by atoms with E-state index in [-0.39, 0.29) is 11.5 Å². The van der Waals surface area contributed by atoms with Crippen molar-refractivity contribution in [1.29, 1.82) is 0 Å². The van der Waals surface area contributed by atoms with Crippen LogP contribution < -0.4 is 5.32 Å². The van der Waals surface area contributed by atoms with Gasteiger partial charge in [0, 0.05) is 17.8 Å². The molecule has 0 unspecified atom stereocenters. The zero-order valence-corrected chi connectivity index (χ0v) is 14.9. The molecule has 1 amide bonds. The van der Waals surface area contributed by atoms with Gasteiger partial charge in [-0.2, -0.15) is 5.10 Å². The lowest BCUT2D eigenvalue weighted by Crippen LogP contribution is -2.31. The first kappa shape index (κ1) is 17.4. The molecule has 8 heteroatoms. The van der Waals surface area contributed by atoms with Crippen LogP contribution in [0.3, 0.4) is 0 Å². The predicted octanol–water partition coefficient (Wildman–Crippen LogP) is 3.20. The van der Waals surface area contributed by atoms with Gasteiger partial charge in [-0.05, 0) is 57.2 Å². The third-order valence-electron chi connectivity index (χ3n) is 4.80. The maximum Gasteiger partial charge on any atom is 0.279 e. The number of hydrogen-bond acceptors (Lipinski definition) is 5. The zero-order chi connectivity index (χ0) is 18.8. The molecule has 1 aromatic carbocycles. The monoisotopic (exact) mass is 369 g/mol. The van der Waals surface area contributed by atoms with E-state index in [1.807, 2.05) is 10.9 Å². The van der Waals surface area contributed by atoms with Gasteiger partial charge in [0.15, 0.2) is 23.7 Å². The Labute approximate surface area is 155 Å². The van der Waals surface area contributed by atoms with E-state index in [0.29, 0.717) is 23.2 Å². The Bertz CT molecular complexity index is 926. The highest BCUT2D eigenvalue weighted by Crippen LogP contribution is 2.25. The zero-order valence-electron chi connectivity index (χ0n) is 14.9. The number of amides is 1. The van der Waals surface area contributed by atoms with Gasteiger partial charge in [0.1, 0.15) is 5.82 Å². The lowest BCUT2D eigenvalue weighted by molar-refractivity contribution is 0.102. The van der Waals surface area contributed by atoms with Crippen LogP contribution in [0.5, 0.6) is 0 Å². The lowest BCUT2D eigenvalue weighted by atomic mass is 10.1. The van der Waals surface area contributed by atoms with E-state index in [2.05, 4.69) is 27.3 Å². The molecular formula is C19H20FN5O2. The molecule has 1 aliphatic heterocycles. The first-order chi connectivity index (χ1) is 13.1. The van der Waals surface area contributed by atoms with Crippen LogP contribution in [-0.2, 0) is 0 Å². The average molecular weight is 369 g/mol. The Morgan fingerprint density at radius 3 is 2.70 bits per heavy atom. The molecule has 0 saturated carbocycles. The standard InChI is InChI=1S/C19H20FN5O2/c1-24-9-6-15(7-10-24)25-11-8-16(23-25)22-19(26)17-18(27-12-21-17)13-2-4-14(20)5-3-13/h2-5,8,11-12,15H,6-7,9-10H2,1H3,(H,22,23,26). The largest absolute Gasteiger partial charge is 0.443 e. The van der Waals surface area contributed by atoms with Crippen LogP contribution in [0.4, 0.5) is 10.2 Å². The summed E-state index contributed by atoms with van der Waals surface area (Å²) in [7, 11) is 2.11. The first-order valence-corrected chi connectivity index (χ1v) is 8.84. The van der Waals surface area contributed by atoms with Gasteiger partial charge in [-0.15, -0.1) is 0 Å². The van der Waals surface area contributed by atoms with Crippen molar-refractivity contribution in [2.45, 2.75) is 18.9 Å². The maximum atomic E-state index is 13.1. The molecule has 0 atom stereocenters. The summed E-state index contributed by atoms with van der Waals surface area (Å²) in [6, 6.07) is 7.82. The molecule has 140 valence electrons. The van der Waals surface area contributed by atoms with Crippen molar-refractivity contribution in [3.8, 4) is 11.3 Å². The molecular weight excluding hydrogens is 349 g/mol. The molecule has 0 radical (unpaired) electrons. The van der Waals surface area contributed by atoms with Crippen molar-refractivity contribution >= 4 is 11.7 Å². The van der Waals surface area contributed by atoms with Crippen molar-refractivity contribution in [2.75, 3.05) is 25.5 Å². The number of likely N-dealkylation sites (tertiary alicyclic amines) is 1. The van der Waals surface area contributed by atoms with Crippen molar-refractivity contribution in [1.82, 2.24) is 19.7 Å². The third-order valence-corrected chi connectivity index (χ3v) is 4.80. The molecule has 1 saturated heterocycles. The molecule has 7 nitrogen and oxygen atoms in total. The second kappa shape index (κ2) is 7.32. The van der Waals surface area contributed by atoms with Crippen molar-refractivity contribution < 1.29 is 13.6 Å². The number of rotatable bonds is 4. The van der Waals surface area contributed by atoms with Gasteiger partial charge < -0.3 is 14.6 Å². The summed E-state index contributed by atoms with van der Waals surface area (Å²) < 4.78 is 20.4. The fourth-order valence-corrected chi connectivity index (χ4v) is 3.26. The van der Waals surface area contributed by atoms with Crippen LogP contribution in [0.15, 0.2) is 47.3 Å². The minimum atomic E-state index is -0.420. The molecule has 3 heterocycles. The highest BCUT2D eigenvalue weighted by Gasteiger charge is 2.21. The molecule has 1 N–H and O–H groups in total. The number of halogens is 1. The van der Waals surface area contributed by atoms with E-state index in [4.69, 9.17) is 4.42 Å². The van der Waals surface area contributed by atoms with E-state index < -0.39 is 5.91 Å². The van der Waals surface area contributed by atoms with Crippen LogP contribution >= 0.6 is 0 Å². The topological polar surface area (TPSA) is 76.2 Å². The Balaban J connectivity index is 1.47. The Morgan fingerprint density at radius 2 is 1.96 bits per heavy atom. The van der Waals surface area contributed by atoms with Crippen LogP contribution in [0, 0.1) is 5.82 Å². The Morgan fingerprint density at radius 1 is 1.22 bits per heavy atom. The van der Waals surface area contributed by atoms with Gasteiger partial charge in [-0.3, -0.25) is 9.48 Å². The molecule has 1 aliphatic rings. The van der Waals surface area contributed by atoms with Crippen molar-refractivity contribution in [3.05, 3.63) is 54.4 Å². The van der Waals surface area contributed by atoms with Gasteiger partial charge in [-0.1, -0.05) is 0 Å². The quantitative estimate of drug-likeness (QED) is 0.764. The summed E-state index contributed by atoms with van der Waals surface area (Å²) in [5.41, 5.74) is 0.714. The summed E-state index contributed by atoms with van der Waals surface area (Å²) in [6.45, 7) is 2.07. The number of nitrogens with zero attached hydrogens (tertiary/aromatic N) is 4. The molecule has 2 aromatic heterocycles. The number of benzene rings is 1. The number of oxazole rings is 1. The van der Waals surface area contributed by atoms with Gasteiger partial charge in [0.05, 0.1) is 6.04 Å². The molecule has 0 aliphatic carbocycles. The van der Waals surface area contributed by atoms with Crippen molar-refractivity contribution in [2.24, 2.45) is 0 Å². The highest BCUT2D eigenvalue weighted by atomic mass is 19.1.